The van der Waals surface area contributed by atoms with Crippen molar-refractivity contribution in [1.29, 1.82) is 0 Å². The molecule has 3 nitrogen and oxygen atoms in total. The molecule has 3 rings (SSSR count). The number of hydrogen-bond donors (Lipinski definition) is 1. The van der Waals surface area contributed by atoms with Crippen LogP contribution in [0.3, 0.4) is 0 Å². The predicted molar refractivity (Wildman–Crippen MR) is 91.4 cm³/mol. The van der Waals surface area contributed by atoms with Crippen molar-refractivity contribution in [1.82, 2.24) is 9.55 Å². The summed E-state index contributed by atoms with van der Waals surface area (Å²) in [5.74, 6) is 0. The Kier molecular flexibility index (Phi) is 3.78. The van der Waals surface area contributed by atoms with Crippen molar-refractivity contribution < 1.29 is 0 Å². The topological polar surface area (TPSA) is 37.8 Å². The quantitative estimate of drug-likeness (QED) is 0.734. The van der Waals surface area contributed by atoms with E-state index in [0.29, 0.717) is 10.2 Å². The summed E-state index contributed by atoms with van der Waals surface area (Å²) in [5.41, 5.74) is 1.97. The Morgan fingerprint density at radius 1 is 1.24 bits per heavy atom. The van der Waals surface area contributed by atoms with Crippen LogP contribution in [0, 0.1) is 4.77 Å². The number of aromatic amines is 1. The number of aryl methyl sites for hydroxylation is 2. The van der Waals surface area contributed by atoms with E-state index in [2.05, 4.69) is 24.9 Å². The van der Waals surface area contributed by atoms with Crippen LogP contribution in [-0.4, -0.2) is 9.55 Å². The van der Waals surface area contributed by atoms with Gasteiger partial charge < -0.3 is 4.98 Å². The van der Waals surface area contributed by atoms with E-state index < -0.39 is 0 Å². The molecule has 0 spiro atoms. The van der Waals surface area contributed by atoms with Gasteiger partial charge in [0.1, 0.15) is 4.83 Å². The molecule has 0 radical (unpaired) electrons. The molecule has 108 valence electrons. The lowest BCUT2D eigenvalue weighted by molar-refractivity contribution is 0.938. The fraction of sp³-hybridized carbons (Fsp3) is 0.250. The van der Waals surface area contributed by atoms with E-state index in [1.54, 1.807) is 15.9 Å². The van der Waals surface area contributed by atoms with Crippen LogP contribution in [0.2, 0.25) is 0 Å². The van der Waals surface area contributed by atoms with Crippen LogP contribution >= 0.6 is 23.6 Å². The summed E-state index contributed by atoms with van der Waals surface area (Å²) < 4.78 is 2.04. The van der Waals surface area contributed by atoms with Crippen LogP contribution in [0.4, 0.5) is 0 Å². The summed E-state index contributed by atoms with van der Waals surface area (Å²) in [6.07, 6.45) is 1.85. The number of thiophene rings is 1. The summed E-state index contributed by atoms with van der Waals surface area (Å²) in [4.78, 5) is 18.0. The van der Waals surface area contributed by atoms with E-state index in [1.165, 1.54) is 10.4 Å². The van der Waals surface area contributed by atoms with Gasteiger partial charge in [-0.15, -0.1) is 11.3 Å². The molecule has 0 aliphatic rings. The zero-order valence-corrected chi connectivity index (χ0v) is 13.6. The van der Waals surface area contributed by atoms with Crippen molar-refractivity contribution in [3.63, 3.8) is 0 Å². The molecule has 0 bridgehead atoms. The lowest BCUT2D eigenvalue weighted by atomic mass is 10.1. The highest BCUT2D eigenvalue weighted by molar-refractivity contribution is 7.71. The molecule has 2 aromatic heterocycles. The fourth-order valence-electron chi connectivity index (χ4n) is 2.38. The van der Waals surface area contributed by atoms with Crippen molar-refractivity contribution in [3.05, 3.63) is 55.9 Å². The van der Waals surface area contributed by atoms with Crippen LogP contribution in [0.1, 0.15) is 24.3 Å². The molecule has 0 aliphatic carbocycles. The number of H-pyrrole nitrogens is 1. The number of nitrogens with zero attached hydrogens (tertiary/aromatic N) is 1. The zero-order valence-electron chi connectivity index (χ0n) is 12.0. The minimum atomic E-state index is -0.0436. The largest absolute Gasteiger partial charge is 0.323 e. The van der Waals surface area contributed by atoms with Crippen molar-refractivity contribution >= 4 is 33.8 Å². The van der Waals surface area contributed by atoms with Gasteiger partial charge in [-0.25, -0.2) is 0 Å². The first-order chi connectivity index (χ1) is 10.1. The summed E-state index contributed by atoms with van der Waals surface area (Å²) in [6.45, 7) is 4.18. The van der Waals surface area contributed by atoms with Gasteiger partial charge in [0.05, 0.1) is 11.1 Å². The third-order valence-corrected chi connectivity index (χ3v) is 5.05. The van der Waals surface area contributed by atoms with Gasteiger partial charge in [0.2, 0.25) is 0 Å². The minimum absolute atomic E-state index is 0.0436. The van der Waals surface area contributed by atoms with E-state index in [0.717, 1.165) is 23.4 Å². The number of rotatable bonds is 3. The van der Waals surface area contributed by atoms with Crippen LogP contribution in [0.5, 0.6) is 0 Å². The van der Waals surface area contributed by atoms with Crippen molar-refractivity contribution in [2.45, 2.75) is 26.7 Å². The summed E-state index contributed by atoms with van der Waals surface area (Å²) in [7, 11) is 0. The smallest absolute Gasteiger partial charge is 0.267 e. The van der Waals surface area contributed by atoms with Crippen LogP contribution in [0.25, 0.3) is 15.9 Å². The van der Waals surface area contributed by atoms with E-state index in [-0.39, 0.29) is 5.56 Å². The van der Waals surface area contributed by atoms with Gasteiger partial charge in [0, 0.05) is 4.88 Å². The number of benzene rings is 1. The predicted octanol–water partition coefficient (Wildman–Crippen LogP) is 4.23. The lowest BCUT2D eigenvalue weighted by Gasteiger charge is -2.07. The molecule has 0 saturated heterocycles. The maximum atomic E-state index is 12.8. The molecular weight excluding hydrogens is 300 g/mol. The monoisotopic (exact) mass is 316 g/mol. The SMILES string of the molecule is CCc1cccc(-n2c(=S)[nH]c3sc(CC)cc3c2=O)c1. The second-order valence-electron chi connectivity index (χ2n) is 4.90. The Morgan fingerprint density at radius 2 is 2.05 bits per heavy atom. The molecule has 0 atom stereocenters. The molecule has 0 unspecified atom stereocenters. The van der Waals surface area contributed by atoms with E-state index >= 15 is 0 Å². The summed E-state index contributed by atoms with van der Waals surface area (Å²) in [6, 6.07) is 9.92. The third-order valence-electron chi connectivity index (χ3n) is 3.57. The molecule has 0 aliphatic heterocycles. The Balaban J connectivity index is 2.31. The highest BCUT2D eigenvalue weighted by Gasteiger charge is 2.10. The average Bonchev–Trinajstić information content (AvgIpc) is 2.91. The molecule has 0 saturated carbocycles. The van der Waals surface area contributed by atoms with Crippen molar-refractivity contribution in [3.8, 4) is 5.69 Å². The number of fused-ring (bicyclic) bond motifs is 1. The van der Waals surface area contributed by atoms with Gasteiger partial charge in [-0.3, -0.25) is 9.36 Å². The number of hydrogen-bond acceptors (Lipinski definition) is 3. The number of aromatic nitrogens is 2. The summed E-state index contributed by atoms with van der Waals surface area (Å²) >= 11 is 6.99. The molecule has 21 heavy (non-hydrogen) atoms. The normalized spacial score (nSPS) is 11.1. The van der Waals surface area contributed by atoms with E-state index in [9.17, 15) is 4.79 Å². The first-order valence-electron chi connectivity index (χ1n) is 7.01. The van der Waals surface area contributed by atoms with Crippen LogP contribution in [-0.2, 0) is 12.8 Å². The molecule has 0 amide bonds. The van der Waals surface area contributed by atoms with Gasteiger partial charge in [0.25, 0.3) is 5.56 Å². The molecular formula is C16H16N2OS2. The first-order valence-corrected chi connectivity index (χ1v) is 8.23. The van der Waals surface area contributed by atoms with Gasteiger partial charge in [-0.1, -0.05) is 26.0 Å². The molecule has 2 heterocycles. The molecule has 1 aromatic carbocycles. The zero-order chi connectivity index (χ0) is 15.0. The fourth-order valence-corrected chi connectivity index (χ4v) is 3.73. The van der Waals surface area contributed by atoms with Crippen molar-refractivity contribution in [2.24, 2.45) is 0 Å². The first kappa shape index (κ1) is 14.2. The summed E-state index contributed by atoms with van der Waals surface area (Å²) in [5, 5.41) is 0.715. The Hall–Kier alpha value is -1.72. The van der Waals surface area contributed by atoms with Crippen molar-refractivity contribution in [2.75, 3.05) is 0 Å². The lowest BCUT2D eigenvalue weighted by Crippen LogP contribution is -2.19. The molecule has 3 aromatic rings. The molecule has 5 heteroatoms. The minimum Gasteiger partial charge on any atom is -0.323 e. The van der Waals surface area contributed by atoms with Gasteiger partial charge in [-0.05, 0) is 48.8 Å². The Morgan fingerprint density at radius 3 is 2.76 bits per heavy atom. The average molecular weight is 316 g/mol. The molecule has 0 fully saturated rings. The maximum Gasteiger partial charge on any atom is 0.267 e. The maximum absolute atomic E-state index is 12.8. The highest BCUT2D eigenvalue weighted by Crippen LogP contribution is 2.22. The molecule has 1 N–H and O–H groups in total. The van der Waals surface area contributed by atoms with Gasteiger partial charge in [0.15, 0.2) is 4.77 Å². The van der Waals surface area contributed by atoms with E-state index in [4.69, 9.17) is 12.2 Å². The van der Waals surface area contributed by atoms with E-state index in [1.807, 2.05) is 24.3 Å². The van der Waals surface area contributed by atoms with Crippen LogP contribution in [0.15, 0.2) is 35.1 Å². The highest BCUT2D eigenvalue weighted by atomic mass is 32.1. The Labute approximate surface area is 131 Å². The van der Waals surface area contributed by atoms with Gasteiger partial charge >= 0.3 is 0 Å². The second kappa shape index (κ2) is 5.58. The van der Waals surface area contributed by atoms with Crippen LogP contribution < -0.4 is 5.56 Å². The third kappa shape index (κ3) is 2.47. The Bertz CT molecular complexity index is 918. The number of nitrogens with one attached hydrogen (secondary N) is 1. The standard InChI is InChI=1S/C16H16N2OS2/c1-3-10-6-5-7-11(8-10)18-15(19)13-9-12(4-2)21-14(13)17-16(18)20/h5-9H,3-4H2,1-2H3,(H,17,20). The second-order valence-corrected chi connectivity index (χ2v) is 6.43. The van der Waals surface area contributed by atoms with Gasteiger partial charge in [-0.2, -0.15) is 0 Å².